The average molecular weight is 493 g/mol. The number of aryl methyl sites for hydroxylation is 1. The molecule has 0 saturated heterocycles. The van der Waals surface area contributed by atoms with Crippen LogP contribution in [0.1, 0.15) is 17.7 Å². The van der Waals surface area contributed by atoms with Gasteiger partial charge in [-0.25, -0.2) is 13.8 Å². The van der Waals surface area contributed by atoms with E-state index in [2.05, 4.69) is 15.3 Å². The number of aromatic nitrogens is 3. The number of carbonyl (C=O) groups is 1. The van der Waals surface area contributed by atoms with Crippen molar-refractivity contribution in [2.45, 2.75) is 19.4 Å². The predicted octanol–water partition coefficient (Wildman–Crippen LogP) is 5.86. The van der Waals surface area contributed by atoms with Crippen LogP contribution in [0, 0.1) is 11.6 Å². The van der Waals surface area contributed by atoms with Gasteiger partial charge < -0.3 is 9.73 Å². The molecule has 2 heterocycles. The summed E-state index contributed by atoms with van der Waals surface area (Å²) >= 11 is 6.04. The lowest BCUT2D eigenvalue weighted by molar-refractivity contribution is -0.121. The number of carbonyl (C=O) groups excluding carboxylic acids is 1. The number of amides is 1. The van der Waals surface area contributed by atoms with Crippen LogP contribution in [0.15, 0.2) is 77.5 Å². The molecule has 5 rings (SSSR count). The number of fused-ring (bicyclic) bond motifs is 1. The van der Waals surface area contributed by atoms with Crippen molar-refractivity contribution in [1.29, 1.82) is 0 Å². The van der Waals surface area contributed by atoms with E-state index < -0.39 is 11.6 Å². The van der Waals surface area contributed by atoms with Crippen LogP contribution >= 0.6 is 11.6 Å². The van der Waals surface area contributed by atoms with E-state index in [4.69, 9.17) is 16.0 Å². The Bertz CT molecular complexity index is 1510. The Morgan fingerprint density at radius 1 is 1.06 bits per heavy atom. The molecule has 0 bridgehead atoms. The number of nitrogens with one attached hydrogen (secondary N) is 1. The molecule has 0 saturated carbocycles. The Hall–Kier alpha value is -4.04. The molecule has 0 aliphatic rings. The molecule has 176 valence electrons. The third-order valence-corrected chi connectivity index (χ3v) is 5.78. The maximum absolute atomic E-state index is 13.8. The molecule has 0 unspecified atom stereocenters. The minimum absolute atomic E-state index is 0.0663. The van der Waals surface area contributed by atoms with Crippen LogP contribution in [0.3, 0.4) is 0 Å². The lowest BCUT2D eigenvalue weighted by atomic mass is 10.1. The Balaban J connectivity index is 1.38. The molecule has 35 heavy (non-hydrogen) atoms. The summed E-state index contributed by atoms with van der Waals surface area (Å²) in [5, 5.41) is 3.21. The van der Waals surface area contributed by atoms with Gasteiger partial charge in [0.05, 0.1) is 11.0 Å². The molecule has 0 spiro atoms. The smallest absolute Gasteiger partial charge is 0.308 e. The number of para-hydroxylation sites is 2. The first kappa shape index (κ1) is 22.7. The molecule has 3 aromatic carbocycles. The summed E-state index contributed by atoms with van der Waals surface area (Å²) in [6.07, 6.45) is 1.94. The molecule has 2 aromatic heterocycles. The van der Waals surface area contributed by atoms with Crippen LogP contribution in [0.25, 0.3) is 28.3 Å². The van der Waals surface area contributed by atoms with Gasteiger partial charge in [0.2, 0.25) is 5.91 Å². The van der Waals surface area contributed by atoms with Crippen molar-refractivity contribution >= 4 is 28.5 Å². The zero-order chi connectivity index (χ0) is 24.4. The van der Waals surface area contributed by atoms with Gasteiger partial charge in [-0.3, -0.25) is 9.36 Å². The number of hydrogen-bond donors (Lipinski definition) is 1. The summed E-state index contributed by atoms with van der Waals surface area (Å²) in [7, 11) is 0. The minimum atomic E-state index is -0.579. The molecule has 0 atom stereocenters. The second kappa shape index (κ2) is 9.68. The lowest BCUT2D eigenvalue weighted by Crippen LogP contribution is -2.23. The van der Waals surface area contributed by atoms with Crippen molar-refractivity contribution < 1.29 is 18.0 Å². The SMILES string of the molecule is O=C(CCc1oc(-n2cnc3ccccc32)nc1-c1ccc(Cl)cc1)NCc1cc(F)ccc1F. The summed E-state index contributed by atoms with van der Waals surface area (Å²) in [6, 6.07) is 18.2. The van der Waals surface area contributed by atoms with Crippen molar-refractivity contribution in [3.63, 3.8) is 0 Å². The molecule has 0 aliphatic carbocycles. The fourth-order valence-electron chi connectivity index (χ4n) is 3.74. The Morgan fingerprint density at radius 3 is 2.69 bits per heavy atom. The second-order valence-electron chi connectivity index (χ2n) is 7.89. The molecule has 9 heteroatoms. The van der Waals surface area contributed by atoms with E-state index in [1.807, 2.05) is 36.4 Å². The van der Waals surface area contributed by atoms with Crippen molar-refractivity contribution in [3.8, 4) is 17.3 Å². The van der Waals surface area contributed by atoms with E-state index in [9.17, 15) is 13.6 Å². The standard InChI is InChI=1S/C26H19ClF2N4O2/c27-18-7-5-16(6-8-18)25-23(11-12-24(34)30-14-17-13-19(28)9-10-20(17)29)35-26(32-25)33-15-31-21-3-1-2-4-22(21)33/h1-10,13,15H,11-12,14H2,(H,30,34). The maximum atomic E-state index is 13.8. The van der Waals surface area contributed by atoms with E-state index in [0.717, 1.165) is 34.8 Å². The molecule has 1 amide bonds. The first-order valence-corrected chi connectivity index (χ1v) is 11.2. The third kappa shape index (κ3) is 4.93. The highest BCUT2D eigenvalue weighted by Crippen LogP contribution is 2.29. The topological polar surface area (TPSA) is 73.0 Å². The molecular formula is C26H19ClF2N4O2. The summed E-state index contributed by atoms with van der Waals surface area (Å²) < 4.78 is 35.0. The summed E-state index contributed by atoms with van der Waals surface area (Å²) in [5.74, 6) is -0.970. The molecule has 0 fully saturated rings. The summed E-state index contributed by atoms with van der Waals surface area (Å²) in [4.78, 5) is 21.5. The van der Waals surface area contributed by atoms with Gasteiger partial charge in [0, 0.05) is 35.5 Å². The Kier molecular flexibility index (Phi) is 6.29. The quantitative estimate of drug-likeness (QED) is 0.309. The largest absolute Gasteiger partial charge is 0.427 e. The number of nitrogens with zero attached hydrogens (tertiary/aromatic N) is 3. The van der Waals surface area contributed by atoms with Crippen LogP contribution in [-0.4, -0.2) is 20.4 Å². The predicted molar refractivity (Wildman–Crippen MR) is 128 cm³/mol. The van der Waals surface area contributed by atoms with Gasteiger partial charge in [0.25, 0.3) is 0 Å². The van der Waals surface area contributed by atoms with Gasteiger partial charge in [-0.15, -0.1) is 0 Å². The highest BCUT2D eigenvalue weighted by atomic mass is 35.5. The normalized spacial score (nSPS) is 11.2. The number of benzene rings is 3. The lowest BCUT2D eigenvalue weighted by Gasteiger charge is -2.06. The van der Waals surface area contributed by atoms with Gasteiger partial charge in [-0.05, 0) is 42.5 Å². The third-order valence-electron chi connectivity index (χ3n) is 5.53. The van der Waals surface area contributed by atoms with E-state index in [-0.39, 0.29) is 30.9 Å². The number of hydrogen-bond acceptors (Lipinski definition) is 4. The number of oxazole rings is 1. The second-order valence-corrected chi connectivity index (χ2v) is 8.33. The van der Waals surface area contributed by atoms with Crippen molar-refractivity contribution in [3.05, 3.63) is 101 Å². The van der Waals surface area contributed by atoms with E-state index in [1.165, 1.54) is 0 Å². The fraction of sp³-hybridized carbons (Fsp3) is 0.115. The van der Waals surface area contributed by atoms with Gasteiger partial charge in [-0.2, -0.15) is 4.98 Å². The van der Waals surface area contributed by atoms with Crippen LogP contribution in [0.4, 0.5) is 8.78 Å². The van der Waals surface area contributed by atoms with E-state index >= 15 is 0 Å². The van der Waals surface area contributed by atoms with Gasteiger partial charge in [0.1, 0.15) is 29.4 Å². The fourth-order valence-corrected chi connectivity index (χ4v) is 3.87. The first-order valence-electron chi connectivity index (χ1n) is 10.9. The van der Waals surface area contributed by atoms with Crippen molar-refractivity contribution in [1.82, 2.24) is 19.9 Å². The van der Waals surface area contributed by atoms with Crippen LogP contribution < -0.4 is 5.32 Å². The maximum Gasteiger partial charge on any atom is 0.308 e. The monoisotopic (exact) mass is 492 g/mol. The van der Waals surface area contributed by atoms with Crippen LogP contribution in [-0.2, 0) is 17.8 Å². The Morgan fingerprint density at radius 2 is 1.86 bits per heavy atom. The number of rotatable bonds is 7. The minimum Gasteiger partial charge on any atom is -0.427 e. The molecule has 5 aromatic rings. The number of halogens is 3. The zero-order valence-electron chi connectivity index (χ0n) is 18.3. The molecule has 6 nitrogen and oxygen atoms in total. The van der Waals surface area contributed by atoms with Gasteiger partial charge in [-0.1, -0.05) is 35.9 Å². The van der Waals surface area contributed by atoms with E-state index in [1.54, 1.807) is 23.0 Å². The summed E-state index contributed by atoms with van der Waals surface area (Å²) in [5.41, 5.74) is 3.07. The van der Waals surface area contributed by atoms with Gasteiger partial charge in [0.15, 0.2) is 0 Å². The van der Waals surface area contributed by atoms with Gasteiger partial charge >= 0.3 is 6.01 Å². The highest BCUT2D eigenvalue weighted by Gasteiger charge is 2.19. The summed E-state index contributed by atoms with van der Waals surface area (Å²) in [6.45, 7) is -0.116. The van der Waals surface area contributed by atoms with E-state index in [0.29, 0.717) is 22.5 Å². The Labute approximate surface area is 204 Å². The molecular weight excluding hydrogens is 474 g/mol. The number of imidazole rings is 1. The molecule has 1 N–H and O–H groups in total. The van der Waals surface area contributed by atoms with Crippen molar-refractivity contribution in [2.75, 3.05) is 0 Å². The zero-order valence-corrected chi connectivity index (χ0v) is 19.1. The van der Waals surface area contributed by atoms with Crippen molar-refractivity contribution in [2.24, 2.45) is 0 Å². The average Bonchev–Trinajstić information content (AvgIpc) is 3.48. The first-order chi connectivity index (χ1) is 17.0. The molecule has 0 aliphatic heterocycles. The van der Waals surface area contributed by atoms with Crippen LogP contribution in [0.2, 0.25) is 5.02 Å². The molecule has 0 radical (unpaired) electrons. The highest BCUT2D eigenvalue weighted by molar-refractivity contribution is 6.30. The van der Waals surface area contributed by atoms with Crippen LogP contribution in [0.5, 0.6) is 0 Å².